The average Bonchev–Trinajstić information content (AvgIpc) is 3.16. The number of aliphatic hydroxyl groups excluding tert-OH is 1. The van der Waals surface area contributed by atoms with Gasteiger partial charge >= 0.3 is 0 Å². The Bertz CT molecular complexity index is 1330. The van der Waals surface area contributed by atoms with Gasteiger partial charge in [-0.3, -0.25) is 4.98 Å². The summed E-state index contributed by atoms with van der Waals surface area (Å²) in [6.45, 7) is 5.95. The first kappa shape index (κ1) is 21.6. The van der Waals surface area contributed by atoms with Crippen LogP contribution < -0.4 is 10.6 Å². The van der Waals surface area contributed by atoms with Crippen molar-refractivity contribution in [3.05, 3.63) is 83.3 Å². The fourth-order valence-electron chi connectivity index (χ4n) is 4.73. The van der Waals surface area contributed by atoms with E-state index in [2.05, 4.69) is 20.6 Å². The molecule has 0 aliphatic carbocycles. The molecule has 2 aromatic heterocycles. The van der Waals surface area contributed by atoms with Gasteiger partial charge in [0.1, 0.15) is 11.6 Å². The number of benzene rings is 2. The van der Waals surface area contributed by atoms with Gasteiger partial charge in [-0.15, -0.1) is 0 Å². The molecule has 2 aromatic carbocycles. The van der Waals surface area contributed by atoms with Crippen LogP contribution in [0.4, 0.5) is 14.5 Å². The van der Waals surface area contributed by atoms with Crippen molar-refractivity contribution in [2.24, 2.45) is 0 Å². The van der Waals surface area contributed by atoms with Gasteiger partial charge in [0.05, 0.1) is 28.8 Å². The number of anilines is 1. The van der Waals surface area contributed by atoms with E-state index in [1.54, 1.807) is 24.5 Å². The highest BCUT2D eigenvalue weighted by atomic mass is 19.1. The Balaban J connectivity index is 1.66. The second kappa shape index (κ2) is 7.93. The molecule has 0 amide bonds. The van der Waals surface area contributed by atoms with Gasteiger partial charge < -0.3 is 20.7 Å². The maximum atomic E-state index is 16.2. The van der Waals surface area contributed by atoms with Crippen molar-refractivity contribution in [3.63, 3.8) is 0 Å². The molecule has 0 bridgehead atoms. The van der Waals surface area contributed by atoms with Crippen molar-refractivity contribution in [3.8, 4) is 11.1 Å². The highest BCUT2D eigenvalue weighted by molar-refractivity contribution is 5.96. The van der Waals surface area contributed by atoms with Crippen LogP contribution in [0.3, 0.4) is 0 Å². The SMILES string of the molecule is Cc1c[nH]c2c(-c3c(F)cc4c(c3F)[C@@H](NCc3cccnc3)[C@H](O)C(C)(C)N4)cccc12. The van der Waals surface area contributed by atoms with Crippen LogP contribution >= 0.6 is 0 Å². The van der Waals surface area contributed by atoms with Crippen LogP contribution in [0.1, 0.15) is 36.6 Å². The van der Waals surface area contributed by atoms with E-state index in [0.717, 1.165) is 16.5 Å². The van der Waals surface area contributed by atoms with Crippen molar-refractivity contribution in [2.75, 3.05) is 5.32 Å². The first-order chi connectivity index (χ1) is 15.8. The van der Waals surface area contributed by atoms with Gasteiger partial charge in [-0.05, 0) is 44.0 Å². The second-order valence-electron chi connectivity index (χ2n) is 9.22. The van der Waals surface area contributed by atoms with Gasteiger partial charge in [-0.25, -0.2) is 8.78 Å². The fraction of sp³-hybridized carbons (Fsp3) is 0.269. The minimum atomic E-state index is -0.960. The molecule has 0 fully saturated rings. The highest BCUT2D eigenvalue weighted by Gasteiger charge is 2.43. The number of H-pyrrole nitrogens is 1. The zero-order valence-corrected chi connectivity index (χ0v) is 18.7. The molecule has 4 N–H and O–H groups in total. The van der Waals surface area contributed by atoms with E-state index in [4.69, 9.17) is 0 Å². The lowest BCUT2D eigenvalue weighted by Gasteiger charge is -2.44. The highest BCUT2D eigenvalue weighted by Crippen LogP contribution is 2.44. The van der Waals surface area contributed by atoms with Gasteiger partial charge in [0.15, 0.2) is 0 Å². The molecule has 33 heavy (non-hydrogen) atoms. The number of pyridine rings is 1. The van der Waals surface area contributed by atoms with Crippen molar-refractivity contribution < 1.29 is 13.9 Å². The van der Waals surface area contributed by atoms with Crippen LogP contribution in [0.25, 0.3) is 22.0 Å². The average molecular weight is 449 g/mol. The Labute approximate surface area is 190 Å². The van der Waals surface area contributed by atoms with Crippen molar-refractivity contribution in [1.82, 2.24) is 15.3 Å². The van der Waals surface area contributed by atoms with Crippen molar-refractivity contribution in [1.29, 1.82) is 0 Å². The first-order valence-electron chi connectivity index (χ1n) is 11.0. The third-order valence-corrected chi connectivity index (χ3v) is 6.52. The van der Waals surface area contributed by atoms with Crippen molar-refractivity contribution in [2.45, 2.75) is 45.0 Å². The Morgan fingerprint density at radius 3 is 2.76 bits per heavy atom. The Morgan fingerprint density at radius 1 is 1.18 bits per heavy atom. The fourth-order valence-corrected chi connectivity index (χ4v) is 4.73. The number of aliphatic hydroxyl groups is 1. The normalized spacial score (nSPS) is 19.3. The van der Waals surface area contributed by atoms with E-state index in [0.29, 0.717) is 23.3 Å². The van der Waals surface area contributed by atoms with Gasteiger partial charge in [0.2, 0.25) is 0 Å². The summed E-state index contributed by atoms with van der Waals surface area (Å²) in [5, 5.41) is 18.5. The molecule has 1 aliphatic heterocycles. The second-order valence-corrected chi connectivity index (χ2v) is 9.22. The lowest BCUT2D eigenvalue weighted by atomic mass is 9.81. The summed E-state index contributed by atoms with van der Waals surface area (Å²) in [5.74, 6) is -1.34. The Morgan fingerprint density at radius 2 is 2.00 bits per heavy atom. The zero-order valence-electron chi connectivity index (χ0n) is 18.7. The molecule has 0 radical (unpaired) electrons. The number of rotatable bonds is 4. The molecule has 0 saturated carbocycles. The molecular weight excluding hydrogens is 422 g/mol. The number of aromatic nitrogens is 2. The summed E-state index contributed by atoms with van der Waals surface area (Å²) >= 11 is 0. The summed E-state index contributed by atoms with van der Waals surface area (Å²) in [5.41, 5.74) is 2.68. The topological polar surface area (TPSA) is 73.0 Å². The molecule has 0 unspecified atom stereocenters. The van der Waals surface area contributed by atoms with Gasteiger partial charge in [-0.1, -0.05) is 24.3 Å². The number of aryl methyl sites for hydroxylation is 1. The van der Waals surface area contributed by atoms with Gasteiger partial charge in [-0.2, -0.15) is 0 Å². The van der Waals surface area contributed by atoms with Crippen LogP contribution in [0.15, 0.2) is 55.0 Å². The number of nitrogens with one attached hydrogen (secondary N) is 3. The third kappa shape index (κ3) is 3.57. The molecule has 0 spiro atoms. The van der Waals surface area contributed by atoms with Crippen molar-refractivity contribution >= 4 is 16.6 Å². The molecule has 2 atom stereocenters. The first-order valence-corrected chi connectivity index (χ1v) is 11.0. The number of hydrogen-bond donors (Lipinski definition) is 4. The van der Waals surface area contributed by atoms with E-state index >= 15 is 8.78 Å². The Hall–Kier alpha value is -3.29. The minimum absolute atomic E-state index is 0.108. The van der Waals surface area contributed by atoms with E-state index in [1.165, 1.54) is 6.07 Å². The van der Waals surface area contributed by atoms with Crippen LogP contribution in [-0.4, -0.2) is 26.7 Å². The number of aromatic amines is 1. The van der Waals surface area contributed by atoms with Crippen LogP contribution in [-0.2, 0) is 6.54 Å². The quantitative estimate of drug-likeness (QED) is 0.346. The molecule has 5 rings (SSSR count). The smallest absolute Gasteiger partial charge is 0.140 e. The molecule has 4 aromatic rings. The lowest BCUT2D eigenvalue weighted by molar-refractivity contribution is 0.0663. The van der Waals surface area contributed by atoms with Crippen LogP contribution in [0.5, 0.6) is 0 Å². The number of nitrogens with zero attached hydrogens (tertiary/aromatic N) is 1. The third-order valence-electron chi connectivity index (χ3n) is 6.52. The number of fused-ring (bicyclic) bond motifs is 2. The maximum Gasteiger partial charge on any atom is 0.140 e. The predicted molar refractivity (Wildman–Crippen MR) is 126 cm³/mol. The number of halogens is 2. The standard InChI is InChI=1S/C26H26F2N4O/c1-14-11-30-23-16(14)7-4-8-17(23)20-18(27)10-19-21(22(20)28)24(25(33)26(2,3)32-19)31-13-15-6-5-9-29-12-15/h4-12,24-25,30-33H,13H2,1-3H3/t24-,25+/m1/s1. The number of para-hydroxylation sites is 1. The molecule has 170 valence electrons. The van der Waals surface area contributed by atoms with E-state index < -0.39 is 29.3 Å². The lowest BCUT2D eigenvalue weighted by Crippen LogP contribution is -2.54. The summed E-state index contributed by atoms with van der Waals surface area (Å²) in [7, 11) is 0. The van der Waals surface area contributed by atoms with E-state index in [1.807, 2.05) is 45.2 Å². The maximum absolute atomic E-state index is 16.2. The molecular formula is C26H26F2N4O. The number of hydrogen-bond acceptors (Lipinski definition) is 4. The van der Waals surface area contributed by atoms with Crippen LogP contribution in [0.2, 0.25) is 0 Å². The minimum Gasteiger partial charge on any atom is -0.389 e. The van der Waals surface area contributed by atoms with Gasteiger partial charge in [0, 0.05) is 47.3 Å². The molecule has 7 heteroatoms. The summed E-state index contributed by atoms with van der Waals surface area (Å²) in [6.07, 6.45) is 4.26. The summed E-state index contributed by atoms with van der Waals surface area (Å²) in [6, 6.07) is 9.73. The van der Waals surface area contributed by atoms with E-state index in [9.17, 15) is 5.11 Å². The summed E-state index contributed by atoms with van der Waals surface area (Å²) < 4.78 is 31.6. The Kier molecular flexibility index (Phi) is 5.18. The molecule has 0 saturated heterocycles. The van der Waals surface area contributed by atoms with Crippen LogP contribution in [0, 0.1) is 18.6 Å². The van der Waals surface area contributed by atoms with Gasteiger partial charge in [0.25, 0.3) is 0 Å². The van der Waals surface area contributed by atoms with E-state index in [-0.39, 0.29) is 11.1 Å². The monoisotopic (exact) mass is 448 g/mol. The predicted octanol–water partition coefficient (Wildman–Crippen LogP) is 5.21. The zero-order chi connectivity index (χ0) is 23.3. The summed E-state index contributed by atoms with van der Waals surface area (Å²) in [4.78, 5) is 7.26. The molecule has 5 nitrogen and oxygen atoms in total. The molecule has 3 heterocycles. The molecule has 1 aliphatic rings. The largest absolute Gasteiger partial charge is 0.389 e.